The molecular formula is C18H17FN4O3. The normalized spacial score (nSPS) is 15.2. The molecule has 26 heavy (non-hydrogen) atoms. The molecule has 0 aliphatic carbocycles. The van der Waals surface area contributed by atoms with E-state index in [0.29, 0.717) is 36.1 Å². The molecule has 1 aromatic carbocycles. The molecule has 134 valence electrons. The molecule has 0 saturated carbocycles. The topological polar surface area (TPSA) is 82.2 Å². The number of benzene rings is 1. The number of ether oxygens (including phenoxy) is 3. The van der Waals surface area contributed by atoms with Crippen molar-refractivity contribution in [2.75, 3.05) is 20.3 Å². The van der Waals surface area contributed by atoms with Crippen LogP contribution < -0.4 is 4.74 Å². The highest BCUT2D eigenvalue weighted by Gasteiger charge is 2.24. The Morgan fingerprint density at radius 2 is 1.88 bits per heavy atom. The fourth-order valence-electron chi connectivity index (χ4n) is 2.73. The van der Waals surface area contributed by atoms with Gasteiger partial charge in [-0.3, -0.25) is 0 Å². The van der Waals surface area contributed by atoms with Crippen LogP contribution in [0.4, 0.5) is 4.39 Å². The Bertz CT molecular complexity index is 892. The lowest BCUT2D eigenvalue weighted by atomic mass is 10.1. The summed E-state index contributed by atoms with van der Waals surface area (Å²) in [5.74, 6) is 0.227. The predicted molar refractivity (Wildman–Crippen MR) is 90.8 cm³/mol. The van der Waals surface area contributed by atoms with Crippen molar-refractivity contribution < 1.29 is 18.6 Å². The molecule has 0 bridgehead atoms. The average molecular weight is 356 g/mol. The van der Waals surface area contributed by atoms with E-state index < -0.39 is 6.29 Å². The standard InChI is InChI=1S/C18H17FN4O3/c1-24-18-20-8-7-13(21-18)15-14(11-3-5-12(19)6-4-11)22-16(23-15)17-25-9-2-10-26-17/h3-8,17H,2,9-10H2,1H3,(H,22,23). The van der Waals surface area contributed by atoms with Gasteiger partial charge in [0.25, 0.3) is 0 Å². The fraction of sp³-hybridized carbons (Fsp3) is 0.278. The lowest BCUT2D eigenvalue weighted by Crippen LogP contribution is -2.18. The Balaban J connectivity index is 1.81. The van der Waals surface area contributed by atoms with E-state index in [-0.39, 0.29) is 11.8 Å². The summed E-state index contributed by atoms with van der Waals surface area (Å²) in [4.78, 5) is 16.3. The van der Waals surface area contributed by atoms with Gasteiger partial charge in [0.1, 0.15) is 5.82 Å². The van der Waals surface area contributed by atoms with Gasteiger partial charge in [-0.05, 0) is 36.8 Å². The predicted octanol–water partition coefficient (Wildman–Crippen LogP) is 3.12. The molecule has 4 rings (SSSR count). The molecule has 7 nitrogen and oxygen atoms in total. The molecule has 1 aliphatic rings. The van der Waals surface area contributed by atoms with Crippen LogP contribution >= 0.6 is 0 Å². The van der Waals surface area contributed by atoms with Crippen LogP contribution in [0.1, 0.15) is 18.5 Å². The maximum atomic E-state index is 13.3. The van der Waals surface area contributed by atoms with Crippen LogP contribution in [0.2, 0.25) is 0 Å². The van der Waals surface area contributed by atoms with E-state index in [0.717, 1.165) is 12.0 Å². The zero-order valence-electron chi connectivity index (χ0n) is 14.1. The molecule has 0 spiro atoms. The summed E-state index contributed by atoms with van der Waals surface area (Å²) in [5, 5.41) is 0. The number of aromatic nitrogens is 4. The summed E-state index contributed by atoms with van der Waals surface area (Å²) in [6.45, 7) is 1.21. The monoisotopic (exact) mass is 356 g/mol. The zero-order valence-corrected chi connectivity index (χ0v) is 14.1. The van der Waals surface area contributed by atoms with Gasteiger partial charge in [0, 0.05) is 11.8 Å². The van der Waals surface area contributed by atoms with Gasteiger partial charge in [-0.1, -0.05) is 0 Å². The number of hydrogen-bond acceptors (Lipinski definition) is 6. The lowest BCUT2D eigenvalue weighted by Gasteiger charge is -2.21. The summed E-state index contributed by atoms with van der Waals surface area (Å²) < 4.78 is 29.7. The highest BCUT2D eigenvalue weighted by atomic mass is 19.1. The lowest BCUT2D eigenvalue weighted by molar-refractivity contribution is -0.186. The Kier molecular flexibility index (Phi) is 4.59. The van der Waals surface area contributed by atoms with Crippen LogP contribution in [0.15, 0.2) is 36.5 Å². The van der Waals surface area contributed by atoms with Crippen molar-refractivity contribution in [1.82, 2.24) is 19.9 Å². The molecule has 1 saturated heterocycles. The van der Waals surface area contributed by atoms with Crippen LogP contribution in [-0.2, 0) is 9.47 Å². The first-order valence-electron chi connectivity index (χ1n) is 8.21. The minimum Gasteiger partial charge on any atom is -0.467 e. The highest BCUT2D eigenvalue weighted by Crippen LogP contribution is 2.32. The number of rotatable bonds is 4. The average Bonchev–Trinajstić information content (AvgIpc) is 3.15. The SMILES string of the molecule is COc1nccc(-c2[nH]c(C3OCCCO3)nc2-c2ccc(F)cc2)n1. The van der Waals surface area contributed by atoms with Crippen molar-refractivity contribution in [2.45, 2.75) is 12.7 Å². The number of methoxy groups -OCH3 is 1. The van der Waals surface area contributed by atoms with Crippen molar-refractivity contribution in [3.63, 3.8) is 0 Å². The third-order valence-corrected chi connectivity index (χ3v) is 3.96. The van der Waals surface area contributed by atoms with Crippen LogP contribution in [0, 0.1) is 5.82 Å². The fourth-order valence-corrected chi connectivity index (χ4v) is 2.73. The van der Waals surface area contributed by atoms with Crippen molar-refractivity contribution in [2.24, 2.45) is 0 Å². The summed E-state index contributed by atoms with van der Waals surface area (Å²) >= 11 is 0. The molecule has 0 amide bonds. The van der Waals surface area contributed by atoms with Crippen LogP contribution in [0.25, 0.3) is 22.6 Å². The maximum Gasteiger partial charge on any atom is 0.316 e. The van der Waals surface area contributed by atoms with Gasteiger partial charge in [0.2, 0.25) is 6.29 Å². The van der Waals surface area contributed by atoms with Crippen LogP contribution in [0.3, 0.4) is 0 Å². The number of imidazole rings is 1. The number of halogens is 1. The Morgan fingerprint density at radius 1 is 1.12 bits per heavy atom. The highest BCUT2D eigenvalue weighted by molar-refractivity contribution is 5.76. The summed E-state index contributed by atoms with van der Waals surface area (Å²) in [7, 11) is 1.50. The first-order valence-corrected chi connectivity index (χ1v) is 8.21. The third-order valence-electron chi connectivity index (χ3n) is 3.96. The first kappa shape index (κ1) is 16.6. The molecule has 1 aliphatic heterocycles. The number of nitrogens with zero attached hydrogens (tertiary/aromatic N) is 3. The molecule has 3 aromatic rings. The molecule has 1 N–H and O–H groups in total. The van der Waals surface area contributed by atoms with E-state index >= 15 is 0 Å². The first-order chi connectivity index (χ1) is 12.7. The van der Waals surface area contributed by atoms with Crippen LogP contribution in [-0.4, -0.2) is 40.3 Å². The van der Waals surface area contributed by atoms with Crippen LogP contribution in [0.5, 0.6) is 6.01 Å². The molecule has 8 heteroatoms. The van der Waals surface area contributed by atoms with Gasteiger partial charge >= 0.3 is 6.01 Å². The van der Waals surface area contributed by atoms with E-state index in [4.69, 9.17) is 14.2 Å². The second-order valence-corrected chi connectivity index (χ2v) is 5.71. The largest absolute Gasteiger partial charge is 0.467 e. The van der Waals surface area contributed by atoms with Gasteiger partial charge in [0.15, 0.2) is 5.82 Å². The van der Waals surface area contributed by atoms with E-state index in [1.165, 1.54) is 19.2 Å². The molecular weight excluding hydrogens is 339 g/mol. The van der Waals surface area contributed by atoms with E-state index in [1.54, 1.807) is 24.4 Å². The van der Waals surface area contributed by atoms with Crippen molar-refractivity contribution >= 4 is 0 Å². The van der Waals surface area contributed by atoms with Crippen molar-refractivity contribution in [3.05, 3.63) is 48.2 Å². The van der Waals surface area contributed by atoms with Gasteiger partial charge < -0.3 is 19.2 Å². The second-order valence-electron chi connectivity index (χ2n) is 5.71. The van der Waals surface area contributed by atoms with E-state index in [9.17, 15) is 4.39 Å². The summed E-state index contributed by atoms with van der Waals surface area (Å²) in [6, 6.07) is 8.10. The minimum atomic E-state index is -0.569. The quantitative estimate of drug-likeness (QED) is 0.773. The smallest absolute Gasteiger partial charge is 0.316 e. The zero-order chi connectivity index (χ0) is 17.9. The molecule has 1 fully saturated rings. The second kappa shape index (κ2) is 7.19. The van der Waals surface area contributed by atoms with Gasteiger partial charge in [-0.15, -0.1) is 0 Å². The molecule has 0 radical (unpaired) electrons. The minimum absolute atomic E-state index is 0.244. The maximum absolute atomic E-state index is 13.3. The van der Waals surface area contributed by atoms with Gasteiger partial charge in [-0.2, -0.15) is 4.98 Å². The molecule has 2 aromatic heterocycles. The Morgan fingerprint density at radius 3 is 2.62 bits per heavy atom. The Labute approximate surface area is 149 Å². The van der Waals surface area contributed by atoms with E-state index in [1.807, 2.05) is 0 Å². The molecule has 0 unspecified atom stereocenters. The van der Waals surface area contributed by atoms with Crippen molar-refractivity contribution in [1.29, 1.82) is 0 Å². The number of aromatic amines is 1. The number of H-pyrrole nitrogens is 1. The molecule has 0 atom stereocenters. The summed E-state index contributed by atoms with van der Waals surface area (Å²) in [5.41, 5.74) is 2.63. The van der Waals surface area contributed by atoms with E-state index in [2.05, 4.69) is 19.9 Å². The Hall–Kier alpha value is -2.84. The van der Waals surface area contributed by atoms with Crippen molar-refractivity contribution in [3.8, 4) is 28.7 Å². The number of hydrogen-bond donors (Lipinski definition) is 1. The number of nitrogens with one attached hydrogen (secondary N) is 1. The summed E-state index contributed by atoms with van der Waals surface area (Å²) in [6.07, 6.45) is 1.88. The van der Waals surface area contributed by atoms with Gasteiger partial charge in [-0.25, -0.2) is 14.4 Å². The van der Waals surface area contributed by atoms with Gasteiger partial charge in [0.05, 0.1) is 37.4 Å². The molecule has 3 heterocycles. The third kappa shape index (κ3) is 3.29.